The second-order valence-electron chi connectivity index (χ2n) is 12.2. The molecule has 2 fully saturated rings. The Morgan fingerprint density at radius 2 is 1.38 bits per heavy atom. The highest BCUT2D eigenvalue weighted by atomic mass is 14.9. The summed E-state index contributed by atoms with van der Waals surface area (Å²) in [4.78, 5) is 9.55. The molecule has 1 heterocycles. The molecule has 3 nitrogen and oxygen atoms in total. The van der Waals surface area contributed by atoms with Gasteiger partial charge in [-0.25, -0.2) is 9.97 Å². The van der Waals surface area contributed by atoms with E-state index in [-0.39, 0.29) is 5.41 Å². The third-order valence-electron chi connectivity index (χ3n) is 9.53. The molecule has 0 unspecified atom stereocenters. The van der Waals surface area contributed by atoms with E-state index >= 15 is 0 Å². The van der Waals surface area contributed by atoms with Crippen LogP contribution < -0.4 is 0 Å². The molecule has 200 valence electrons. The molecule has 0 saturated heterocycles. The Bertz CT molecular complexity index is 956. The van der Waals surface area contributed by atoms with Crippen LogP contribution in [0.5, 0.6) is 0 Å². The molecular formula is C34H49N3. The molecule has 0 bridgehead atoms. The van der Waals surface area contributed by atoms with E-state index in [1.165, 1.54) is 88.2 Å². The highest BCUT2D eigenvalue weighted by molar-refractivity contribution is 5.55. The molecule has 0 radical (unpaired) electrons. The quantitative estimate of drug-likeness (QED) is 0.273. The lowest BCUT2D eigenvalue weighted by molar-refractivity contribution is 0.224. The van der Waals surface area contributed by atoms with Crippen LogP contribution in [0.3, 0.4) is 0 Å². The van der Waals surface area contributed by atoms with Crippen molar-refractivity contribution in [2.24, 2.45) is 11.3 Å². The van der Waals surface area contributed by atoms with Crippen LogP contribution in [-0.4, -0.2) is 9.97 Å². The topological polar surface area (TPSA) is 49.6 Å². The van der Waals surface area contributed by atoms with E-state index in [0.29, 0.717) is 11.8 Å². The first-order chi connectivity index (χ1) is 18.2. The monoisotopic (exact) mass is 499 g/mol. The highest BCUT2D eigenvalue weighted by Gasteiger charge is 2.35. The zero-order valence-electron chi connectivity index (χ0n) is 23.6. The number of hydrogen-bond acceptors (Lipinski definition) is 3. The molecule has 0 N–H and O–H groups in total. The minimum Gasteiger partial charge on any atom is -0.236 e. The van der Waals surface area contributed by atoms with Crippen LogP contribution in [0.2, 0.25) is 0 Å². The Morgan fingerprint density at radius 1 is 0.757 bits per heavy atom. The van der Waals surface area contributed by atoms with Crippen molar-refractivity contribution in [1.82, 2.24) is 9.97 Å². The largest absolute Gasteiger partial charge is 0.236 e. The van der Waals surface area contributed by atoms with Crippen molar-refractivity contribution < 1.29 is 0 Å². The Kier molecular flexibility index (Phi) is 10.6. The maximum Gasteiger partial charge on any atom is 0.159 e. The number of rotatable bonds is 12. The summed E-state index contributed by atoms with van der Waals surface area (Å²) in [6.45, 7) is 4.51. The fourth-order valence-electron chi connectivity index (χ4n) is 6.86. The molecule has 2 aliphatic carbocycles. The lowest BCUT2D eigenvalue weighted by atomic mass is 9.67. The first-order valence-corrected chi connectivity index (χ1v) is 15.5. The summed E-state index contributed by atoms with van der Waals surface area (Å²) in [5, 5.41) is 9.79. The van der Waals surface area contributed by atoms with Crippen molar-refractivity contribution in [2.45, 2.75) is 135 Å². The third kappa shape index (κ3) is 7.66. The first kappa shape index (κ1) is 27.8. The highest BCUT2D eigenvalue weighted by Crippen LogP contribution is 2.45. The van der Waals surface area contributed by atoms with Crippen molar-refractivity contribution in [2.75, 3.05) is 0 Å². The van der Waals surface area contributed by atoms with Gasteiger partial charge >= 0.3 is 0 Å². The average molecular weight is 500 g/mol. The fraction of sp³-hybridized carbons (Fsp3) is 0.676. The maximum absolute atomic E-state index is 9.79. The normalized spacial score (nSPS) is 26.0. The van der Waals surface area contributed by atoms with Gasteiger partial charge in [-0.3, -0.25) is 0 Å². The van der Waals surface area contributed by atoms with Gasteiger partial charge in [-0.2, -0.15) is 5.26 Å². The molecule has 1 aromatic carbocycles. The van der Waals surface area contributed by atoms with E-state index in [1.54, 1.807) is 0 Å². The number of benzene rings is 1. The molecular weight excluding hydrogens is 450 g/mol. The van der Waals surface area contributed by atoms with Crippen molar-refractivity contribution in [1.29, 1.82) is 5.26 Å². The predicted molar refractivity (Wildman–Crippen MR) is 154 cm³/mol. The molecule has 0 atom stereocenters. The molecule has 3 heteroatoms. The van der Waals surface area contributed by atoms with E-state index in [2.05, 4.69) is 56.6 Å². The zero-order valence-corrected chi connectivity index (χ0v) is 23.6. The lowest BCUT2D eigenvalue weighted by Crippen LogP contribution is -2.25. The number of unbranched alkanes of at least 4 members (excludes halogenated alkanes) is 5. The van der Waals surface area contributed by atoms with Crippen LogP contribution >= 0.6 is 0 Å². The van der Waals surface area contributed by atoms with Gasteiger partial charge in [0.05, 0.1) is 11.5 Å². The summed E-state index contributed by atoms with van der Waals surface area (Å²) >= 11 is 0. The molecule has 0 aliphatic heterocycles. The van der Waals surface area contributed by atoms with E-state index < -0.39 is 0 Å². The minimum absolute atomic E-state index is 0.0739. The third-order valence-corrected chi connectivity index (χ3v) is 9.53. The summed E-state index contributed by atoms with van der Waals surface area (Å²) in [5.41, 5.74) is 3.76. The lowest BCUT2D eigenvalue weighted by Gasteiger charge is -2.35. The summed E-state index contributed by atoms with van der Waals surface area (Å²) in [5.74, 6) is 2.99. The fourth-order valence-corrected chi connectivity index (χ4v) is 6.86. The van der Waals surface area contributed by atoms with Crippen LogP contribution in [0.4, 0.5) is 0 Å². The maximum atomic E-state index is 9.79. The number of nitriles is 1. The summed E-state index contributed by atoms with van der Waals surface area (Å²) in [6, 6.07) is 11.6. The minimum atomic E-state index is -0.0739. The van der Waals surface area contributed by atoms with E-state index in [4.69, 9.17) is 9.97 Å². The Labute approximate surface area is 226 Å². The molecule has 0 amide bonds. The van der Waals surface area contributed by atoms with Gasteiger partial charge in [-0.15, -0.1) is 0 Å². The van der Waals surface area contributed by atoms with E-state index in [9.17, 15) is 5.26 Å². The summed E-state index contributed by atoms with van der Waals surface area (Å²) in [7, 11) is 0. The Hall–Kier alpha value is -2.21. The van der Waals surface area contributed by atoms with Gasteiger partial charge in [0.2, 0.25) is 0 Å². The Balaban J connectivity index is 1.25. The SMILES string of the molecule is CCCCCCCC1CCC(c2cnc(-c3ccc(C4CCC(C#N)(CCCC)CC4)cc3)nc2)CC1. The van der Waals surface area contributed by atoms with Gasteiger partial charge in [-0.05, 0) is 86.7 Å². The van der Waals surface area contributed by atoms with Crippen molar-refractivity contribution in [3.63, 3.8) is 0 Å². The molecule has 0 spiro atoms. The Morgan fingerprint density at radius 3 is 2.00 bits per heavy atom. The zero-order chi connectivity index (χ0) is 25.9. The molecule has 4 rings (SSSR count). The van der Waals surface area contributed by atoms with Gasteiger partial charge in [0, 0.05) is 18.0 Å². The van der Waals surface area contributed by atoms with Gasteiger partial charge in [0.15, 0.2) is 5.82 Å². The summed E-state index contributed by atoms with van der Waals surface area (Å²) in [6.07, 6.45) is 25.7. The molecule has 1 aromatic heterocycles. The number of nitrogens with zero attached hydrogens (tertiary/aromatic N) is 3. The van der Waals surface area contributed by atoms with Crippen LogP contribution in [0.25, 0.3) is 11.4 Å². The van der Waals surface area contributed by atoms with E-state index in [1.807, 2.05) is 0 Å². The van der Waals surface area contributed by atoms with Crippen LogP contribution in [0.1, 0.15) is 146 Å². The standard InChI is InChI=1S/C34H49N3/c1-3-5-7-8-9-10-27-11-13-29(14-12-27)32-24-36-33(37-25-32)31-17-15-28(16-18-31)30-19-22-34(26-35,23-20-30)21-6-4-2/h15-18,24-25,27,29-30H,3-14,19-23H2,1-2H3. The van der Waals surface area contributed by atoms with Crippen molar-refractivity contribution >= 4 is 0 Å². The second kappa shape index (κ2) is 14.1. The molecule has 2 aliphatic rings. The number of hydrogen-bond donors (Lipinski definition) is 0. The van der Waals surface area contributed by atoms with Crippen LogP contribution in [0, 0.1) is 22.7 Å². The first-order valence-electron chi connectivity index (χ1n) is 15.5. The second-order valence-corrected chi connectivity index (χ2v) is 12.2. The smallest absolute Gasteiger partial charge is 0.159 e. The van der Waals surface area contributed by atoms with Crippen LogP contribution in [-0.2, 0) is 0 Å². The van der Waals surface area contributed by atoms with Gasteiger partial charge in [-0.1, -0.05) is 89.5 Å². The van der Waals surface area contributed by atoms with Crippen molar-refractivity contribution in [3.05, 3.63) is 47.8 Å². The number of aromatic nitrogens is 2. The van der Waals surface area contributed by atoms with Crippen molar-refractivity contribution in [3.8, 4) is 17.5 Å². The predicted octanol–water partition coefficient (Wildman–Crippen LogP) is 10.1. The van der Waals surface area contributed by atoms with Crippen LogP contribution in [0.15, 0.2) is 36.7 Å². The van der Waals surface area contributed by atoms with Gasteiger partial charge < -0.3 is 0 Å². The average Bonchev–Trinajstić information content (AvgIpc) is 2.97. The van der Waals surface area contributed by atoms with E-state index in [0.717, 1.165) is 49.4 Å². The summed E-state index contributed by atoms with van der Waals surface area (Å²) < 4.78 is 0. The molecule has 37 heavy (non-hydrogen) atoms. The molecule has 2 aromatic rings. The van der Waals surface area contributed by atoms with Gasteiger partial charge in [0.25, 0.3) is 0 Å². The molecule has 2 saturated carbocycles. The van der Waals surface area contributed by atoms with Gasteiger partial charge in [0.1, 0.15) is 0 Å².